The quantitative estimate of drug-likeness (QED) is 0.260. The molecule has 1 aromatic carbocycles. The summed E-state index contributed by atoms with van der Waals surface area (Å²) in [6, 6.07) is 9.03. The molecule has 1 aromatic rings. The van der Waals surface area contributed by atoms with Gasteiger partial charge in [0.15, 0.2) is 11.6 Å². The van der Waals surface area contributed by atoms with Crippen molar-refractivity contribution in [1.29, 1.82) is 0 Å². The van der Waals surface area contributed by atoms with Crippen molar-refractivity contribution in [2.24, 2.45) is 28.1 Å². The maximum absolute atomic E-state index is 12.6. The molecule has 0 bridgehead atoms. The SMILES string of the molecule is CC1(C)COC2(CCC3=C4[C@@H](CC[C@@]3(O)C2)[C@@H]2CC=C(O[Si](C)(C)C)[C@@]2(C)C[C@@H]4c2ccc(C3(C)OCC(C)(C)CO3)cc2)OC1. The van der Waals surface area contributed by atoms with Crippen LogP contribution in [0.4, 0.5) is 0 Å². The van der Waals surface area contributed by atoms with E-state index in [1.807, 2.05) is 6.92 Å². The van der Waals surface area contributed by atoms with Gasteiger partial charge in [-0.05, 0) is 87.7 Å². The monoisotopic (exact) mass is 650 g/mol. The third-order valence-electron chi connectivity index (χ3n) is 12.1. The Hall–Kier alpha value is -1.48. The molecule has 5 atom stereocenters. The topological polar surface area (TPSA) is 66.4 Å². The summed E-state index contributed by atoms with van der Waals surface area (Å²) in [7, 11) is -1.78. The molecule has 1 spiro atoms. The van der Waals surface area contributed by atoms with Crippen LogP contribution < -0.4 is 0 Å². The van der Waals surface area contributed by atoms with Crippen molar-refractivity contribution in [3.8, 4) is 0 Å². The Morgan fingerprint density at radius 2 is 1.43 bits per heavy atom. The summed E-state index contributed by atoms with van der Waals surface area (Å²) in [5, 5.41) is 12.6. The molecule has 2 heterocycles. The average Bonchev–Trinajstić information content (AvgIpc) is 3.30. The first-order valence-corrected chi connectivity index (χ1v) is 21.3. The van der Waals surface area contributed by atoms with E-state index in [4.69, 9.17) is 23.4 Å². The highest BCUT2D eigenvalue weighted by Gasteiger charge is 2.60. The molecule has 6 nitrogen and oxygen atoms in total. The van der Waals surface area contributed by atoms with Gasteiger partial charge in [0.25, 0.3) is 0 Å². The van der Waals surface area contributed by atoms with Crippen molar-refractivity contribution in [1.82, 2.24) is 0 Å². The summed E-state index contributed by atoms with van der Waals surface area (Å²) in [5.74, 6) is 0.909. The molecule has 0 aromatic heterocycles. The number of ether oxygens (including phenoxy) is 4. The summed E-state index contributed by atoms with van der Waals surface area (Å²) >= 11 is 0. The lowest BCUT2D eigenvalue weighted by Gasteiger charge is -2.57. The van der Waals surface area contributed by atoms with Gasteiger partial charge in [-0.2, -0.15) is 0 Å². The van der Waals surface area contributed by atoms with Crippen LogP contribution in [0, 0.1) is 28.1 Å². The molecular weight excluding hydrogens is 593 g/mol. The Bertz CT molecular complexity index is 1400. The molecule has 7 heteroatoms. The Labute approximate surface area is 278 Å². The van der Waals surface area contributed by atoms with E-state index >= 15 is 0 Å². The van der Waals surface area contributed by atoms with Gasteiger partial charge in [0.05, 0.1) is 37.8 Å². The van der Waals surface area contributed by atoms with Crippen molar-refractivity contribution in [2.75, 3.05) is 26.4 Å². The zero-order chi connectivity index (χ0) is 33.0. The summed E-state index contributed by atoms with van der Waals surface area (Å²) in [6.45, 7) is 22.8. The fourth-order valence-electron chi connectivity index (χ4n) is 9.51. The standard InChI is InChI=1S/C39H58O6Si/c1-34(2)22-41-37(6,42-23-34)27-12-10-26(11-13-27)29-20-36(5)30(14-15-32(36)45-46(7,8)9)28-16-18-38(40)21-39(19-17-31(38)33(28)29)43-24-35(3,4)25-44-39/h10-13,15,28-30,40H,14,16-25H2,1-9H3/t28-,29+,30-,36-,38+/m0/s1. The minimum Gasteiger partial charge on any atom is -0.547 e. The Kier molecular flexibility index (Phi) is 7.72. The van der Waals surface area contributed by atoms with Crippen LogP contribution in [-0.4, -0.2) is 51.2 Å². The van der Waals surface area contributed by atoms with Gasteiger partial charge in [0.1, 0.15) is 0 Å². The molecule has 254 valence electrons. The summed E-state index contributed by atoms with van der Waals surface area (Å²) in [5.41, 5.74) is 4.22. The minimum atomic E-state index is -1.78. The maximum atomic E-state index is 12.6. The highest BCUT2D eigenvalue weighted by Crippen LogP contribution is 2.66. The second-order valence-corrected chi connectivity index (χ2v) is 23.0. The van der Waals surface area contributed by atoms with Crippen LogP contribution in [0.1, 0.15) is 104 Å². The number of allylic oxidation sites excluding steroid dienone is 3. The fourth-order valence-corrected chi connectivity index (χ4v) is 10.5. The van der Waals surface area contributed by atoms with E-state index in [9.17, 15) is 5.11 Å². The van der Waals surface area contributed by atoms with Crippen LogP contribution in [0.5, 0.6) is 0 Å². The highest BCUT2D eigenvalue weighted by atomic mass is 28.4. The molecule has 46 heavy (non-hydrogen) atoms. The lowest BCUT2D eigenvalue weighted by Crippen LogP contribution is -2.57. The van der Waals surface area contributed by atoms with Crippen molar-refractivity contribution < 1.29 is 28.5 Å². The van der Waals surface area contributed by atoms with Gasteiger partial charge in [0, 0.05) is 40.6 Å². The van der Waals surface area contributed by atoms with Gasteiger partial charge in [-0.1, -0.05) is 64.5 Å². The second-order valence-electron chi connectivity index (χ2n) is 18.5. The van der Waals surface area contributed by atoms with Gasteiger partial charge in [-0.15, -0.1) is 0 Å². The summed E-state index contributed by atoms with van der Waals surface area (Å²) in [4.78, 5) is 0. The van der Waals surface area contributed by atoms with E-state index < -0.39 is 25.5 Å². The molecule has 7 rings (SSSR count). The summed E-state index contributed by atoms with van der Waals surface area (Å²) < 4.78 is 32.4. The second kappa shape index (κ2) is 10.8. The smallest absolute Gasteiger partial charge is 0.241 e. The lowest BCUT2D eigenvalue weighted by molar-refractivity contribution is -0.322. The number of fused-ring (bicyclic) bond motifs is 4. The first kappa shape index (κ1) is 33.0. The fraction of sp³-hybridized carbons (Fsp3) is 0.744. The molecule has 2 saturated heterocycles. The van der Waals surface area contributed by atoms with Gasteiger partial charge >= 0.3 is 0 Å². The van der Waals surface area contributed by atoms with E-state index in [1.165, 1.54) is 22.5 Å². The van der Waals surface area contributed by atoms with Gasteiger partial charge in [-0.25, -0.2) is 0 Å². The van der Waals surface area contributed by atoms with Crippen LogP contribution >= 0.6 is 0 Å². The molecule has 6 aliphatic rings. The Balaban J connectivity index is 1.26. The molecular formula is C39H58O6Si. The van der Waals surface area contributed by atoms with E-state index in [2.05, 4.69) is 84.6 Å². The van der Waals surface area contributed by atoms with Crippen LogP contribution in [-0.2, 0) is 29.2 Å². The maximum Gasteiger partial charge on any atom is 0.241 e. The number of benzene rings is 1. The third kappa shape index (κ3) is 5.69. The largest absolute Gasteiger partial charge is 0.547 e. The van der Waals surface area contributed by atoms with Crippen molar-refractivity contribution in [2.45, 2.75) is 129 Å². The lowest BCUT2D eigenvalue weighted by atomic mass is 9.51. The first-order valence-electron chi connectivity index (χ1n) is 17.9. The minimum absolute atomic E-state index is 0.00149. The van der Waals surface area contributed by atoms with Crippen LogP contribution in [0.15, 0.2) is 47.2 Å². The normalized spacial score (nSPS) is 37.6. The van der Waals surface area contributed by atoms with Crippen molar-refractivity contribution in [3.63, 3.8) is 0 Å². The first-order chi connectivity index (χ1) is 21.4. The number of rotatable bonds is 4. The van der Waals surface area contributed by atoms with Crippen molar-refractivity contribution >= 4 is 8.32 Å². The van der Waals surface area contributed by atoms with Crippen LogP contribution in [0.25, 0.3) is 0 Å². The molecule has 4 fully saturated rings. The zero-order valence-electron chi connectivity index (χ0n) is 29.9. The number of hydrogen-bond donors (Lipinski definition) is 1. The number of hydrogen-bond acceptors (Lipinski definition) is 6. The molecule has 4 aliphatic carbocycles. The van der Waals surface area contributed by atoms with Gasteiger partial charge in [0.2, 0.25) is 8.32 Å². The Morgan fingerprint density at radius 3 is 2.04 bits per heavy atom. The third-order valence-corrected chi connectivity index (χ3v) is 12.9. The van der Waals surface area contributed by atoms with Crippen LogP contribution in [0.2, 0.25) is 19.6 Å². The van der Waals surface area contributed by atoms with Crippen LogP contribution in [0.3, 0.4) is 0 Å². The van der Waals surface area contributed by atoms with Gasteiger partial charge < -0.3 is 28.5 Å². The summed E-state index contributed by atoms with van der Waals surface area (Å²) in [6.07, 6.45) is 8.35. The van der Waals surface area contributed by atoms with E-state index in [0.717, 1.165) is 44.1 Å². The van der Waals surface area contributed by atoms with E-state index in [0.29, 0.717) is 44.7 Å². The predicted molar refractivity (Wildman–Crippen MR) is 183 cm³/mol. The number of aliphatic hydroxyl groups is 1. The molecule has 0 amide bonds. The average molecular weight is 651 g/mol. The van der Waals surface area contributed by atoms with E-state index in [-0.39, 0.29) is 22.2 Å². The Morgan fingerprint density at radius 1 is 0.826 bits per heavy atom. The molecule has 1 N–H and O–H groups in total. The van der Waals surface area contributed by atoms with Crippen molar-refractivity contribution in [3.05, 3.63) is 58.4 Å². The zero-order valence-corrected chi connectivity index (χ0v) is 30.9. The molecule has 0 radical (unpaired) electrons. The molecule has 2 aliphatic heterocycles. The van der Waals surface area contributed by atoms with Gasteiger partial charge in [-0.3, -0.25) is 0 Å². The molecule has 2 saturated carbocycles. The molecule has 0 unspecified atom stereocenters. The van der Waals surface area contributed by atoms with E-state index in [1.54, 1.807) is 0 Å². The highest BCUT2D eigenvalue weighted by molar-refractivity contribution is 6.70. The predicted octanol–water partition coefficient (Wildman–Crippen LogP) is 8.57.